The number of nitrogens with one attached hydrogen (secondary N) is 2. The van der Waals surface area contributed by atoms with E-state index in [1.165, 1.54) is 12.1 Å². The minimum atomic E-state index is -0.651. The monoisotopic (exact) mass is 383 g/mol. The van der Waals surface area contributed by atoms with Crippen molar-refractivity contribution in [1.82, 2.24) is 10.2 Å². The minimum absolute atomic E-state index is 0.0924. The first-order valence-corrected chi connectivity index (χ1v) is 9.52. The summed E-state index contributed by atoms with van der Waals surface area (Å²) in [6.07, 6.45) is 1.48. The van der Waals surface area contributed by atoms with Gasteiger partial charge in [0.1, 0.15) is 5.82 Å². The number of halogens is 1. The van der Waals surface area contributed by atoms with Crippen LogP contribution < -0.4 is 10.6 Å². The summed E-state index contributed by atoms with van der Waals surface area (Å²) in [6, 6.07) is 13.5. The molecule has 148 valence electrons. The summed E-state index contributed by atoms with van der Waals surface area (Å²) < 4.78 is 13.0. The van der Waals surface area contributed by atoms with Crippen molar-refractivity contribution in [2.24, 2.45) is 5.41 Å². The highest BCUT2D eigenvalue weighted by molar-refractivity contribution is 5.91. The van der Waals surface area contributed by atoms with Gasteiger partial charge in [0, 0.05) is 25.3 Å². The van der Waals surface area contributed by atoms with E-state index >= 15 is 0 Å². The average Bonchev–Trinajstić information content (AvgIpc) is 2.69. The molecular weight excluding hydrogens is 357 g/mol. The molecule has 0 unspecified atom stereocenters. The van der Waals surface area contributed by atoms with Crippen LogP contribution in [0.15, 0.2) is 48.5 Å². The zero-order chi connectivity index (χ0) is 20.1. The van der Waals surface area contributed by atoms with Gasteiger partial charge in [-0.15, -0.1) is 0 Å². The number of amides is 3. The third-order valence-electron chi connectivity index (χ3n) is 5.28. The Hall–Kier alpha value is -2.89. The molecule has 0 aromatic heterocycles. The maximum absolute atomic E-state index is 13.0. The third kappa shape index (κ3) is 4.68. The highest BCUT2D eigenvalue weighted by atomic mass is 19.1. The summed E-state index contributed by atoms with van der Waals surface area (Å²) in [5.41, 5.74) is 1.96. The number of para-hydroxylation sites is 1. The molecule has 0 bridgehead atoms. The molecule has 28 heavy (non-hydrogen) atoms. The van der Waals surface area contributed by atoms with E-state index in [1.807, 2.05) is 38.1 Å². The summed E-state index contributed by atoms with van der Waals surface area (Å²) in [5.74, 6) is -0.394. The van der Waals surface area contributed by atoms with Crippen molar-refractivity contribution in [3.05, 3.63) is 65.5 Å². The van der Waals surface area contributed by atoms with Gasteiger partial charge < -0.3 is 15.5 Å². The second-order valence-electron chi connectivity index (χ2n) is 7.64. The predicted octanol–water partition coefficient (Wildman–Crippen LogP) is 4.08. The number of nitrogens with zero attached hydrogens (tertiary/aromatic N) is 1. The molecule has 5 nitrogen and oxygen atoms in total. The number of carbonyl (C=O) groups is 2. The smallest absolute Gasteiger partial charge is 0.321 e. The molecule has 0 spiro atoms. The maximum atomic E-state index is 13.0. The van der Waals surface area contributed by atoms with Crippen LogP contribution in [0, 0.1) is 18.2 Å². The third-order valence-corrected chi connectivity index (χ3v) is 5.28. The lowest BCUT2D eigenvalue weighted by molar-refractivity contribution is -0.132. The van der Waals surface area contributed by atoms with Gasteiger partial charge in [-0.2, -0.15) is 0 Å². The Morgan fingerprint density at radius 1 is 1.14 bits per heavy atom. The molecule has 2 aromatic carbocycles. The molecule has 1 aliphatic heterocycles. The topological polar surface area (TPSA) is 61.4 Å². The first-order chi connectivity index (χ1) is 13.4. The minimum Gasteiger partial charge on any atom is -0.351 e. The molecule has 3 amide bonds. The summed E-state index contributed by atoms with van der Waals surface area (Å²) in [4.78, 5) is 27.2. The van der Waals surface area contributed by atoms with Crippen LogP contribution in [0.5, 0.6) is 0 Å². The zero-order valence-electron chi connectivity index (χ0n) is 16.3. The molecule has 0 saturated carbocycles. The van der Waals surface area contributed by atoms with E-state index < -0.39 is 5.41 Å². The van der Waals surface area contributed by atoms with E-state index in [1.54, 1.807) is 17.0 Å². The SMILES string of the molecule is Cc1ccccc1NC(=O)N1CCC[C@](C)(C(=O)NCc2ccc(F)cc2)C1. The second-order valence-corrected chi connectivity index (χ2v) is 7.64. The Labute approximate surface area is 164 Å². The van der Waals surface area contributed by atoms with E-state index in [0.717, 1.165) is 29.7 Å². The number of anilines is 1. The van der Waals surface area contributed by atoms with Crippen molar-refractivity contribution < 1.29 is 14.0 Å². The molecule has 0 aliphatic carbocycles. The molecule has 1 aliphatic rings. The van der Waals surface area contributed by atoms with Gasteiger partial charge in [-0.3, -0.25) is 4.79 Å². The van der Waals surface area contributed by atoms with Crippen LogP contribution in [0.3, 0.4) is 0 Å². The van der Waals surface area contributed by atoms with Crippen LogP contribution in [0.4, 0.5) is 14.9 Å². The van der Waals surface area contributed by atoms with Crippen molar-refractivity contribution >= 4 is 17.6 Å². The van der Waals surface area contributed by atoms with Crippen molar-refractivity contribution in [1.29, 1.82) is 0 Å². The fourth-order valence-electron chi connectivity index (χ4n) is 3.50. The zero-order valence-corrected chi connectivity index (χ0v) is 16.3. The molecule has 1 fully saturated rings. The molecular formula is C22H26FN3O2. The van der Waals surface area contributed by atoms with Gasteiger partial charge in [0.25, 0.3) is 0 Å². The number of rotatable bonds is 4. The quantitative estimate of drug-likeness (QED) is 0.836. The van der Waals surface area contributed by atoms with Crippen LogP contribution in [0.25, 0.3) is 0 Å². The molecule has 1 saturated heterocycles. The van der Waals surface area contributed by atoms with Crippen molar-refractivity contribution in [3.63, 3.8) is 0 Å². The van der Waals surface area contributed by atoms with Crippen LogP contribution >= 0.6 is 0 Å². The van der Waals surface area contributed by atoms with E-state index in [4.69, 9.17) is 0 Å². The fraction of sp³-hybridized carbons (Fsp3) is 0.364. The van der Waals surface area contributed by atoms with Crippen LogP contribution in [0.1, 0.15) is 30.9 Å². The maximum Gasteiger partial charge on any atom is 0.321 e. The summed E-state index contributed by atoms with van der Waals surface area (Å²) in [5, 5.41) is 5.87. The Morgan fingerprint density at radius 2 is 1.86 bits per heavy atom. The largest absolute Gasteiger partial charge is 0.351 e. The van der Waals surface area contributed by atoms with Crippen LogP contribution in [-0.4, -0.2) is 29.9 Å². The fourth-order valence-corrected chi connectivity index (χ4v) is 3.50. The number of likely N-dealkylation sites (tertiary alicyclic amines) is 1. The normalized spacial score (nSPS) is 19.2. The van der Waals surface area contributed by atoms with Gasteiger partial charge in [-0.1, -0.05) is 30.3 Å². The van der Waals surface area contributed by atoms with Crippen LogP contribution in [-0.2, 0) is 11.3 Å². The second kappa shape index (κ2) is 8.42. The van der Waals surface area contributed by atoms with Gasteiger partial charge in [0.15, 0.2) is 0 Å². The lowest BCUT2D eigenvalue weighted by Crippen LogP contribution is -2.52. The Bertz CT molecular complexity index is 853. The Balaban J connectivity index is 1.60. The number of urea groups is 1. The first-order valence-electron chi connectivity index (χ1n) is 9.52. The van der Waals surface area contributed by atoms with Gasteiger partial charge in [-0.25, -0.2) is 9.18 Å². The highest BCUT2D eigenvalue weighted by Crippen LogP contribution is 2.30. The highest BCUT2D eigenvalue weighted by Gasteiger charge is 2.39. The number of hydrogen-bond acceptors (Lipinski definition) is 2. The summed E-state index contributed by atoms with van der Waals surface area (Å²) in [6.45, 7) is 5.15. The van der Waals surface area contributed by atoms with Crippen molar-refractivity contribution in [2.45, 2.75) is 33.2 Å². The first kappa shape index (κ1) is 19.9. The molecule has 1 heterocycles. The molecule has 1 atom stereocenters. The molecule has 2 aromatic rings. The summed E-state index contributed by atoms with van der Waals surface area (Å²) >= 11 is 0. The van der Waals surface area contributed by atoms with Crippen molar-refractivity contribution in [3.8, 4) is 0 Å². The van der Waals surface area contributed by atoms with E-state index in [9.17, 15) is 14.0 Å². The lowest BCUT2D eigenvalue weighted by atomic mass is 9.81. The van der Waals surface area contributed by atoms with Gasteiger partial charge >= 0.3 is 6.03 Å². The number of aryl methyl sites for hydroxylation is 1. The standard InChI is InChI=1S/C22H26FN3O2/c1-16-6-3-4-7-19(16)25-21(28)26-13-5-12-22(2,15-26)20(27)24-14-17-8-10-18(23)11-9-17/h3-4,6-11H,5,12-15H2,1-2H3,(H,24,27)(H,25,28)/t22-/m0/s1. The molecule has 2 N–H and O–H groups in total. The Kier molecular flexibility index (Phi) is 5.97. The number of benzene rings is 2. The number of hydrogen-bond donors (Lipinski definition) is 2. The van der Waals surface area contributed by atoms with Gasteiger partial charge in [0.2, 0.25) is 5.91 Å². The summed E-state index contributed by atoms with van der Waals surface area (Å²) in [7, 11) is 0. The van der Waals surface area contributed by atoms with Gasteiger partial charge in [-0.05, 0) is 56.0 Å². The van der Waals surface area contributed by atoms with E-state index in [0.29, 0.717) is 19.6 Å². The molecule has 3 rings (SSSR count). The van der Waals surface area contributed by atoms with Crippen molar-refractivity contribution in [2.75, 3.05) is 18.4 Å². The van der Waals surface area contributed by atoms with Crippen LogP contribution in [0.2, 0.25) is 0 Å². The predicted molar refractivity (Wildman–Crippen MR) is 107 cm³/mol. The number of piperidine rings is 1. The number of carbonyl (C=O) groups excluding carboxylic acids is 2. The average molecular weight is 383 g/mol. The molecule has 0 radical (unpaired) electrons. The lowest BCUT2D eigenvalue weighted by Gasteiger charge is -2.39. The van der Waals surface area contributed by atoms with E-state index in [2.05, 4.69) is 10.6 Å². The molecule has 6 heteroatoms. The Morgan fingerprint density at radius 3 is 2.57 bits per heavy atom. The van der Waals surface area contributed by atoms with E-state index in [-0.39, 0.29) is 17.8 Å². The van der Waals surface area contributed by atoms with Gasteiger partial charge in [0.05, 0.1) is 5.41 Å².